The molecular weight excluding hydrogens is 276 g/mol. The number of aromatic nitrogens is 1. The van der Waals surface area contributed by atoms with E-state index in [0.29, 0.717) is 11.8 Å². The summed E-state index contributed by atoms with van der Waals surface area (Å²) < 4.78 is 28.2. The third-order valence-electron chi connectivity index (χ3n) is 3.67. The molecule has 112 valence electrons. The highest BCUT2D eigenvalue weighted by molar-refractivity contribution is 7.89. The smallest absolute Gasteiger partial charge is 0.239 e. The van der Waals surface area contributed by atoms with Gasteiger partial charge in [0.1, 0.15) is 11.0 Å². The van der Waals surface area contributed by atoms with Gasteiger partial charge in [-0.05, 0) is 36.7 Å². The van der Waals surface area contributed by atoms with Gasteiger partial charge in [0.15, 0.2) is 0 Å². The van der Waals surface area contributed by atoms with E-state index in [0.717, 1.165) is 12.8 Å². The molecule has 1 aromatic heterocycles. The zero-order chi connectivity index (χ0) is 15.0. The zero-order valence-electron chi connectivity index (χ0n) is 12.2. The van der Waals surface area contributed by atoms with E-state index in [1.165, 1.54) is 18.7 Å². The highest BCUT2D eigenvalue weighted by Crippen LogP contribution is 2.39. The van der Waals surface area contributed by atoms with Crippen molar-refractivity contribution in [2.75, 3.05) is 0 Å². The monoisotopic (exact) mass is 298 g/mol. The van der Waals surface area contributed by atoms with Crippen molar-refractivity contribution < 1.29 is 13.2 Å². The van der Waals surface area contributed by atoms with Crippen LogP contribution in [0.1, 0.15) is 40.0 Å². The second-order valence-electron chi connectivity index (χ2n) is 6.53. The van der Waals surface area contributed by atoms with Gasteiger partial charge in [-0.25, -0.2) is 18.5 Å². The van der Waals surface area contributed by atoms with Crippen LogP contribution in [0.25, 0.3) is 0 Å². The number of ether oxygens (including phenoxy) is 1. The van der Waals surface area contributed by atoms with Gasteiger partial charge in [0, 0.05) is 6.07 Å². The van der Waals surface area contributed by atoms with Crippen molar-refractivity contribution in [2.45, 2.75) is 51.0 Å². The van der Waals surface area contributed by atoms with Crippen molar-refractivity contribution in [3.8, 4) is 5.88 Å². The van der Waals surface area contributed by atoms with Crippen LogP contribution in [0.5, 0.6) is 5.88 Å². The molecule has 0 bridgehead atoms. The van der Waals surface area contributed by atoms with Gasteiger partial charge < -0.3 is 4.74 Å². The molecule has 0 aliphatic heterocycles. The van der Waals surface area contributed by atoms with E-state index in [-0.39, 0.29) is 16.4 Å². The molecule has 0 aromatic carbocycles. The van der Waals surface area contributed by atoms with Crippen LogP contribution in [0.4, 0.5) is 0 Å². The fourth-order valence-electron chi connectivity index (χ4n) is 3.12. The van der Waals surface area contributed by atoms with Crippen molar-refractivity contribution in [3.05, 3.63) is 18.3 Å². The molecule has 1 aliphatic rings. The Kier molecular flexibility index (Phi) is 4.07. The highest BCUT2D eigenvalue weighted by Gasteiger charge is 2.33. The lowest BCUT2D eigenvalue weighted by Crippen LogP contribution is -2.34. The van der Waals surface area contributed by atoms with E-state index < -0.39 is 10.0 Å². The first-order valence-electron chi connectivity index (χ1n) is 6.81. The van der Waals surface area contributed by atoms with Gasteiger partial charge in [0.2, 0.25) is 15.9 Å². The van der Waals surface area contributed by atoms with Gasteiger partial charge >= 0.3 is 0 Å². The van der Waals surface area contributed by atoms with Crippen LogP contribution < -0.4 is 9.88 Å². The average molecular weight is 298 g/mol. The number of hydrogen-bond acceptors (Lipinski definition) is 4. The normalized spacial score (nSPS) is 26.2. The second-order valence-corrected chi connectivity index (χ2v) is 8.09. The predicted octanol–water partition coefficient (Wildman–Crippen LogP) is 2.32. The third kappa shape index (κ3) is 3.93. The van der Waals surface area contributed by atoms with E-state index in [2.05, 4.69) is 25.8 Å². The van der Waals surface area contributed by atoms with Crippen LogP contribution in [0.2, 0.25) is 0 Å². The predicted molar refractivity (Wildman–Crippen MR) is 76.8 cm³/mol. The van der Waals surface area contributed by atoms with Gasteiger partial charge in [0.25, 0.3) is 0 Å². The molecule has 5 nitrogen and oxygen atoms in total. The van der Waals surface area contributed by atoms with E-state index >= 15 is 0 Å². The van der Waals surface area contributed by atoms with E-state index in [1.54, 1.807) is 6.07 Å². The molecule has 2 N–H and O–H groups in total. The number of nitrogens with zero attached hydrogens (tertiary/aromatic N) is 1. The molecule has 2 atom stereocenters. The Balaban J connectivity index is 2.07. The molecule has 0 radical (unpaired) electrons. The fraction of sp³-hybridized carbons (Fsp3) is 0.643. The number of nitrogens with two attached hydrogens (primary N) is 1. The largest absolute Gasteiger partial charge is 0.474 e. The lowest BCUT2D eigenvalue weighted by Gasteiger charge is -2.38. The zero-order valence-corrected chi connectivity index (χ0v) is 13.0. The van der Waals surface area contributed by atoms with Crippen molar-refractivity contribution in [3.63, 3.8) is 0 Å². The molecule has 2 rings (SSSR count). The fourth-order valence-corrected chi connectivity index (χ4v) is 3.58. The molecule has 1 fully saturated rings. The molecular formula is C14H22N2O3S. The Morgan fingerprint density at radius 3 is 2.55 bits per heavy atom. The second kappa shape index (κ2) is 5.33. The molecule has 0 spiro atoms. The summed E-state index contributed by atoms with van der Waals surface area (Å²) in [7, 11) is -3.70. The molecule has 2 unspecified atom stereocenters. The molecule has 1 aliphatic carbocycles. The van der Waals surface area contributed by atoms with Crippen LogP contribution in [-0.4, -0.2) is 19.5 Å². The minimum atomic E-state index is -3.70. The number of hydrogen-bond donors (Lipinski definition) is 1. The summed E-state index contributed by atoms with van der Waals surface area (Å²) in [4.78, 5) is 4.03. The van der Waals surface area contributed by atoms with Gasteiger partial charge in [-0.3, -0.25) is 0 Å². The summed E-state index contributed by atoms with van der Waals surface area (Å²) in [5.74, 6) is 1.07. The molecule has 1 aromatic rings. The topological polar surface area (TPSA) is 82.3 Å². The Labute approximate surface area is 120 Å². The van der Waals surface area contributed by atoms with Gasteiger partial charge in [-0.1, -0.05) is 20.8 Å². The molecule has 1 heterocycles. The van der Waals surface area contributed by atoms with Crippen molar-refractivity contribution in [1.82, 2.24) is 4.98 Å². The van der Waals surface area contributed by atoms with Gasteiger partial charge in [-0.15, -0.1) is 0 Å². The van der Waals surface area contributed by atoms with E-state index in [1.807, 2.05) is 0 Å². The summed E-state index contributed by atoms with van der Waals surface area (Å²) in [6.07, 6.45) is 4.55. The SMILES string of the molecule is CC1CC(Oc2ccc(S(N)(=O)=O)cn2)CC(C)(C)C1. The Morgan fingerprint density at radius 2 is 2.05 bits per heavy atom. The minimum Gasteiger partial charge on any atom is -0.474 e. The average Bonchev–Trinajstić information content (AvgIpc) is 2.25. The lowest BCUT2D eigenvalue weighted by molar-refractivity contribution is 0.0532. The number of sulfonamides is 1. The minimum absolute atomic E-state index is 0.00203. The summed E-state index contributed by atoms with van der Waals surface area (Å²) in [5.41, 5.74) is 0.267. The summed E-state index contributed by atoms with van der Waals surface area (Å²) in [6, 6.07) is 2.99. The third-order valence-corrected chi connectivity index (χ3v) is 4.57. The summed E-state index contributed by atoms with van der Waals surface area (Å²) in [6.45, 7) is 6.72. The first kappa shape index (κ1) is 15.3. The summed E-state index contributed by atoms with van der Waals surface area (Å²) >= 11 is 0. The molecule has 1 saturated carbocycles. The number of primary sulfonamides is 1. The standard InChI is InChI=1S/C14H22N2O3S/c1-10-6-11(8-14(2,3)7-10)19-13-5-4-12(9-16-13)20(15,17)18/h4-5,9-11H,6-8H2,1-3H3,(H2,15,17,18). The Hall–Kier alpha value is -1.14. The van der Waals surface area contributed by atoms with Crippen LogP contribution in [0.15, 0.2) is 23.2 Å². The van der Waals surface area contributed by atoms with Crippen LogP contribution in [0.3, 0.4) is 0 Å². The maximum absolute atomic E-state index is 11.2. The molecule has 0 amide bonds. The van der Waals surface area contributed by atoms with Crippen molar-refractivity contribution in [2.24, 2.45) is 16.5 Å². The Morgan fingerprint density at radius 1 is 1.35 bits per heavy atom. The maximum Gasteiger partial charge on any atom is 0.239 e. The van der Waals surface area contributed by atoms with Gasteiger partial charge in [-0.2, -0.15) is 0 Å². The van der Waals surface area contributed by atoms with E-state index in [9.17, 15) is 8.42 Å². The highest BCUT2D eigenvalue weighted by atomic mass is 32.2. The Bertz CT molecular complexity index is 567. The van der Waals surface area contributed by atoms with Gasteiger partial charge in [0.05, 0.1) is 6.20 Å². The number of pyridine rings is 1. The lowest BCUT2D eigenvalue weighted by atomic mass is 9.71. The quantitative estimate of drug-likeness (QED) is 0.928. The molecule has 6 heteroatoms. The van der Waals surface area contributed by atoms with Crippen molar-refractivity contribution >= 4 is 10.0 Å². The first-order chi connectivity index (χ1) is 9.16. The van der Waals surface area contributed by atoms with Crippen LogP contribution in [0, 0.1) is 11.3 Å². The van der Waals surface area contributed by atoms with Crippen molar-refractivity contribution in [1.29, 1.82) is 0 Å². The molecule has 20 heavy (non-hydrogen) atoms. The number of rotatable bonds is 3. The molecule has 0 saturated heterocycles. The van der Waals surface area contributed by atoms with Crippen LogP contribution in [-0.2, 0) is 10.0 Å². The van der Waals surface area contributed by atoms with E-state index in [4.69, 9.17) is 9.88 Å². The first-order valence-corrected chi connectivity index (χ1v) is 8.36. The maximum atomic E-state index is 11.2. The summed E-state index contributed by atoms with van der Waals surface area (Å²) in [5, 5.41) is 5.04. The van der Waals surface area contributed by atoms with Crippen LogP contribution >= 0.6 is 0 Å².